The van der Waals surface area contributed by atoms with Gasteiger partial charge in [0, 0.05) is 60.5 Å². The molecule has 1 aliphatic heterocycles. The van der Waals surface area contributed by atoms with Crippen LogP contribution in [0.5, 0.6) is 0 Å². The summed E-state index contributed by atoms with van der Waals surface area (Å²) in [7, 11) is 2.02. The highest BCUT2D eigenvalue weighted by molar-refractivity contribution is 5.97. The minimum absolute atomic E-state index is 0.576. The van der Waals surface area contributed by atoms with Crippen LogP contribution in [0.1, 0.15) is 5.56 Å². The Labute approximate surface area is 181 Å². The molecule has 31 heavy (non-hydrogen) atoms. The molecule has 3 N–H and O–H groups in total. The average Bonchev–Trinajstić information content (AvgIpc) is 3.12. The summed E-state index contributed by atoms with van der Waals surface area (Å²) in [6, 6.07) is 14.3. The highest BCUT2D eigenvalue weighted by Gasteiger charge is 2.14. The molecule has 2 aromatic carbocycles. The van der Waals surface area contributed by atoms with Gasteiger partial charge in [-0.2, -0.15) is 0 Å². The van der Waals surface area contributed by atoms with E-state index in [0.29, 0.717) is 5.95 Å². The first kappa shape index (κ1) is 19.4. The minimum Gasteiger partial charge on any atom is -0.399 e. The second-order valence-corrected chi connectivity index (χ2v) is 7.93. The normalized spacial score (nSPS) is 14.2. The van der Waals surface area contributed by atoms with Gasteiger partial charge in [0.25, 0.3) is 0 Å². The molecule has 0 spiro atoms. The van der Waals surface area contributed by atoms with Crippen molar-refractivity contribution in [2.45, 2.75) is 6.92 Å². The van der Waals surface area contributed by atoms with Crippen LogP contribution < -0.4 is 16.0 Å². The van der Waals surface area contributed by atoms with Gasteiger partial charge in [-0.25, -0.2) is 9.97 Å². The van der Waals surface area contributed by atoms with E-state index in [1.165, 1.54) is 5.69 Å². The molecule has 1 saturated heterocycles. The van der Waals surface area contributed by atoms with E-state index in [1.54, 1.807) is 0 Å². The Kier molecular flexibility index (Phi) is 4.95. The molecule has 0 aliphatic carbocycles. The third-order valence-electron chi connectivity index (χ3n) is 5.74. The zero-order valence-corrected chi connectivity index (χ0v) is 17.8. The third-order valence-corrected chi connectivity index (χ3v) is 5.74. The molecular weight excluding hydrogens is 388 g/mol. The number of nitrogens with two attached hydrogens (primary N) is 1. The largest absolute Gasteiger partial charge is 0.399 e. The van der Waals surface area contributed by atoms with Gasteiger partial charge in [-0.1, -0.05) is 6.07 Å². The Bertz CT molecular complexity index is 1230. The van der Waals surface area contributed by atoms with Crippen molar-refractivity contribution in [3.8, 4) is 11.3 Å². The second kappa shape index (κ2) is 7.92. The Morgan fingerprint density at radius 2 is 1.84 bits per heavy atom. The number of morpholine rings is 1. The summed E-state index contributed by atoms with van der Waals surface area (Å²) in [6.45, 7) is 5.44. The molecule has 7 heteroatoms. The maximum atomic E-state index is 5.98. The van der Waals surface area contributed by atoms with Gasteiger partial charge >= 0.3 is 0 Å². The number of rotatable bonds is 4. The van der Waals surface area contributed by atoms with Gasteiger partial charge in [0.15, 0.2) is 0 Å². The molecule has 0 saturated carbocycles. The van der Waals surface area contributed by atoms with Crippen molar-refractivity contribution in [2.75, 3.05) is 42.3 Å². The molecule has 0 radical (unpaired) electrons. The van der Waals surface area contributed by atoms with Crippen molar-refractivity contribution in [3.05, 3.63) is 60.4 Å². The van der Waals surface area contributed by atoms with Crippen LogP contribution in [0.4, 0.5) is 23.0 Å². The molecule has 5 rings (SSSR count). The molecule has 4 aromatic rings. The van der Waals surface area contributed by atoms with Gasteiger partial charge in [-0.3, -0.25) is 0 Å². The lowest BCUT2D eigenvalue weighted by Gasteiger charge is -2.28. The molecule has 1 fully saturated rings. The van der Waals surface area contributed by atoms with Gasteiger partial charge < -0.3 is 25.3 Å². The van der Waals surface area contributed by atoms with Crippen LogP contribution in [0, 0.1) is 6.92 Å². The van der Waals surface area contributed by atoms with E-state index in [0.717, 1.165) is 65.4 Å². The van der Waals surface area contributed by atoms with Gasteiger partial charge in [0.05, 0.1) is 24.4 Å². The number of fused-ring (bicyclic) bond motifs is 1. The number of aromatic nitrogens is 3. The summed E-state index contributed by atoms with van der Waals surface area (Å²) in [6.07, 6.45) is 3.96. The van der Waals surface area contributed by atoms with Gasteiger partial charge in [-0.15, -0.1) is 0 Å². The molecule has 7 nitrogen and oxygen atoms in total. The lowest BCUT2D eigenvalue weighted by molar-refractivity contribution is 0.122. The summed E-state index contributed by atoms with van der Waals surface area (Å²) in [5.41, 5.74) is 13.0. The van der Waals surface area contributed by atoms with E-state index >= 15 is 0 Å². The van der Waals surface area contributed by atoms with Gasteiger partial charge in [0.1, 0.15) is 0 Å². The molecule has 1 aliphatic rings. The second-order valence-electron chi connectivity index (χ2n) is 7.93. The molecule has 0 amide bonds. The summed E-state index contributed by atoms with van der Waals surface area (Å²) in [4.78, 5) is 11.7. The van der Waals surface area contributed by atoms with Crippen molar-refractivity contribution in [3.63, 3.8) is 0 Å². The average molecular weight is 415 g/mol. The number of hydrogen-bond acceptors (Lipinski definition) is 6. The number of ether oxygens (including phenoxy) is 1. The molecular formula is C24H26N6O. The smallest absolute Gasteiger partial charge is 0.227 e. The monoisotopic (exact) mass is 414 g/mol. The number of aryl methyl sites for hydroxylation is 2. The zero-order valence-electron chi connectivity index (χ0n) is 17.8. The van der Waals surface area contributed by atoms with Crippen molar-refractivity contribution in [2.24, 2.45) is 7.05 Å². The fourth-order valence-corrected chi connectivity index (χ4v) is 4.07. The first-order valence-electron chi connectivity index (χ1n) is 10.5. The number of nitrogens with zero attached hydrogens (tertiary/aromatic N) is 4. The maximum Gasteiger partial charge on any atom is 0.227 e. The molecule has 0 bridgehead atoms. The molecule has 2 aromatic heterocycles. The summed E-state index contributed by atoms with van der Waals surface area (Å²) < 4.78 is 7.52. The Morgan fingerprint density at radius 1 is 1.06 bits per heavy atom. The third kappa shape index (κ3) is 3.80. The highest BCUT2D eigenvalue weighted by Crippen LogP contribution is 2.32. The first-order chi connectivity index (χ1) is 15.1. The molecule has 0 unspecified atom stereocenters. The van der Waals surface area contributed by atoms with Crippen LogP contribution in [0.25, 0.3) is 22.2 Å². The van der Waals surface area contributed by atoms with Crippen molar-refractivity contribution < 1.29 is 4.74 Å². The summed E-state index contributed by atoms with van der Waals surface area (Å²) in [5.74, 6) is 0.576. The number of benzene rings is 2. The van der Waals surface area contributed by atoms with E-state index in [-0.39, 0.29) is 0 Å². The van der Waals surface area contributed by atoms with Crippen molar-refractivity contribution >= 4 is 33.9 Å². The standard InChI is InChI=1S/C24H26N6O/c1-16-14-26-24(27-18-4-6-19(7-5-18)30-9-11-31-12-10-30)28-23(16)21-15-29(2)22-13-17(25)3-8-20(21)22/h3-8,13-15H,9-12,25H2,1-2H3,(H,26,27,28). The summed E-state index contributed by atoms with van der Waals surface area (Å²) >= 11 is 0. The fourth-order valence-electron chi connectivity index (χ4n) is 4.07. The van der Waals surface area contributed by atoms with E-state index in [9.17, 15) is 0 Å². The Morgan fingerprint density at radius 3 is 2.61 bits per heavy atom. The molecule has 158 valence electrons. The van der Waals surface area contributed by atoms with Crippen LogP contribution in [0.15, 0.2) is 54.9 Å². The highest BCUT2D eigenvalue weighted by atomic mass is 16.5. The number of hydrogen-bond donors (Lipinski definition) is 2. The zero-order chi connectivity index (χ0) is 21.4. The fraction of sp³-hybridized carbons (Fsp3) is 0.250. The van der Waals surface area contributed by atoms with Crippen LogP contribution in [0.2, 0.25) is 0 Å². The van der Waals surface area contributed by atoms with E-state index in [1.807, 2.05) is 32.3 Å². The Hall–Kier alpha value is -3.58. The van der Waals surface area contributed by atoms with Crippen molar-refractivity contribution in [1.82, 2.24) is 14.5 Å². The minimum atomic E-state index is 0.576. The quantitative estimate of drug-likeness (QED) is 0.489. The Balaban J connectivity index is 1.43. The van der Waals surface area contributed by atoms with Gasteiger partial charge in [0.2, 0.25) is 5.95 Å². The SMILES string of the molecule is Cc1cnc(Nc2ccc(N3CCOCC3)cc2)nc1-c1cn(C)c2cc(N)ccc12. The lowest BCUT2D eigenvalue weighted by atomic mass is 10.1. The van der Waals surface area contributed by atoms with Crippen LogP contribution >= 0.6 is 0 Å². The van der Waals surface area contributed by atoms with E-state index in [4.69, 9.17) is 15.5 Å². The topological polar surface area (TPSA) is 81.2 Å². The first-order valence-corrected chi connectivity index (χ1v) is 10.5. The number of nitrogen functional groups attached to an aromatic ring is 1. The van der Waals surface area contributed by atoms with Gasteiger partial charge in [-0.05, 0) is 48.9 Å². The van der Waals surface area contributed by atoms with Crippen molar-refractivity contribution in [1.29, 1.82) is 0 Å². The number of nitrogens with one attached hydrogen (secondary N) is 1. The summed E-state index contributed by atoms with van der Waals surface area (Å²) in [5, 5.41) is 4.47. The van der Waals surface area contributed by atoms with Crippen LogP contribution in [-0.4, -0.2) is 40.8 Å². The predicted molar refractivity (Wildman–Crippen MR) is 126 cm³/mol. The molecule has 0 atom stereocenters. The maximum absolute atomic E-state index is 5.98. The predicted octanol–water partition coefficient (Wildman–Crippen LogP) is 4.11. The van der Waals surface area contributed by atoms with Crippen LogP contribution in [-0.2, 0) is 11.8 Å². The van der Waals surface area contributed by atoms with E-state index in [2.05, 4.69) is 56.3 Å². The van der Waals surface area contributed by atoms with E-state index < -0.39 is 0 Å². The molecule has 3 heterocycles. The van der Waals surface area contributed by atoms with Crippen LogP contribution in [0.3, 0.4) is 0 Å². The lowest BCUT2D eigenvalue weighted by Crippen LogP contribution is -2.36. The number of anilines is 4.